The van der Waals surface area contributed by atoms with Gasteiger partial charge in [-0.25, -0.2) is 13.1 Å². The first-order valence-corrected chi connectivity index (χ1v) is 8.63. The molecule has 0 heterocycles. The second-order valence-electron chi connectivity index (χ2n) is 4.27. The molecule has 0 saturated carbocycles. The molecule has 1 aromatic rings. The molecule has 8 nitrogen and oxygen atoms in total. The molecular weight excluding hydrogens is 320 g/mol. The van der Waals surface area contributed by atoms with Crippen LogP contribution in [0.3, 0.4) is 0 Å². The Bertz CT molecular complexity index is 615. The molecule has 21 heavy (non-hydrogen) atoms. The Morgan fingerprint density at radius 2 is 2.10 bits per heavy atom. The van der Waals surface area contributed by atoms with Crippen LogP contribution in [0.4, 0.5) is 5.69 Å². The quantitative estimate of drug-likeness (QED) is 0.493. The maximum Gasteiger partial charge on any atom is 0.312 e. The van der Waals surface area contributed by atoms with Crippen molar-refractivity contribution in [3.05, 3.63) is 28.3 Å². The van der Waals surface area contributed by atoms with Gasteiger partial charge in [0.1, 0.15) is 0 Å². The molecule has 0 saturated heterocycles. The second kappa shape index (κ2) is 7.07. The largest absolute Gasteiger partial charge is 0.502 e. The number of nitro benzene ring substituents is 1. The average molecular weight is 336 g/mol. The molecule has 2 atom stereocenters. The van der Waals surface area contributed by atoms with E-state index in [9.17, 15) is 23.6 Å². The highest BCUT2D eigenvalue weighted by Gasteiger charge is 2.25. The van der Waals surface area contributed by atoms with Crippen LogP contribution in [-0.4, -0.2) is 47.7 Å². The first-order chi connectivity index (χ1) is 9.72. The van der Waals surface area contributed by atoms with E-state index in [2.05, 4.69) is 4.72 Å². The van der Waals surface area contributed by atoms with Crippen LogP contribution in [0, 0.1) is 10.1 Å². The van der Waals surface area contributed by atoms with E-state index in [1.54, 1.807) is 13.2 Å². The number of hydrogen-bond donors (Lipinski definition) is 3. The van der Waals surface area contributed by atoms with Crippen molar-refractivity contribution in [2.24, 2.45) is 0 Å². The summed E-state index contributed by atoms with van der Waals surface area (Å²) in [6, 6.07) is 2.25. The number of aliphatic hydroxyl groups excluding tert-OH is 1. The summed E-state index contributed by atoms with van der Waals surface area (Å²) in [5, 5.41) is 28.8. The number of phenols is 1. The number of benzene rings is 1. The fraction of sp³-hybridized carbons (Fsp3) is 0.455. The molecule has 1 aromatic carbocycles. The smallest absolute Gasteiger partial charge is 0.312 e. The van der Waals surface area contributed by atoms with Crippen molar-refractivity contribution in [3.8, 4) is 5.75 Å². The van der Waals surface area contributed by atoms with E-state index in [0.717, 1.165) is 18.2 Å². The Hall–Kier alpha value is -1.36. The molecular formula is C11H16N2O6S2. The molecule has 0 aliphatic carbocycles. The third kappa shape index (κ3) is 4.30. The van der Waals surface area contributed by atoms with Crippen LogP contribution < -0.4 is 4.72 Å². The van der Waals surface area contributed by atoms with Crippen LogP contribution in [0.25, 0.3) is 0 Å². The summed E-state index contributed by atoms with van der Waals surface area (Å²) in [6.45, 7) is 1.38. The summed E-state index contributed by atoms with van der Waals surface area (Å²) < 4.78 is 26.7. The van der Waals surface area contributed by atoms with Crippen molar-refractivity contribution in [3.63, 3.8) is 0 Å². The number of sulfonamides is 1. The van der Waals surface area contributed by atoms with Crippen molar-refractivity contribution in [1.29, 1.82) is 0 Å². The molecule has 118 valence electrons. The van der Waals surface area contributed by atoms with E-state index in [1.807, 2.05) is 0 Å². The number of thioether (sulfide) groups is 1. The molecule has 0 amide bonds. The van der Waals surface area contributed by atoms with E-state index in [1.165, 1.54) is 11.8 Å². The Morgan fingerprint density at radius 3 is 2.57 bits per heavy atom. The van der Waals surface area contributed by atoms with Crippen molar-refractivity contribution in [2.45, 2.75) is 23.1 Å². The minimum Gasteiger partial charge on any atom is -0.502 e. The lowest BCUT2D eigenvalue weighted by atomic mass is 10.3. The summed E-state index contributed by atoms with van der Waals surface area (Å²) in [7, 11) is -3.99. The fourth-order valence-corrected chi connectivity index (χ4v) is 3.66. The zero-order chi connectivity index (χ0) is 16.2. The first kappa shape index (κ1) is 17.7. The maximum atomic E-state index is 12.2. The molecule has 10 heteroatoms. The van der Waals surface area contributed by atoms with Crippen molar-refractivity contribution in [1.82, 2.24) is 4.72 Å². The van der Waals surface area contributed by atoms with Gasteiger partial charge in [0.25, 0.3) is 0 Å². The molecule has 0 fully saturated rings. The van der Waals surface area contributed by atoms with Gasteiger partial charge in [0, 0.05) is 17.4 Å². The molecule has 0 radical (unpaired) electrons. The van der Waals surface area contributed by atoms with Crippen LogP contribution in [0.2, 0.25) is 0 Å². The Kier molecular flexibility index (Phi) is 5.96. The van der Waals surface area contributed by atoms with Crippen LogP contribution in [0.15, 0.2) is 23.1 Å². The lowest BCUT2D eigenvalue weighted by Crippen LogP contribution is -2.41. The molecule has 0 aromatic heterocycles. The van der Waals surface area contributed by atoms with Gasteiger partial charge in [-0.3, -0.25) is 10.1 Å². The van der Waals surface area contributed by atoms with E-state index in [0.29, 0.717) is 0 Å². The van der Waals surface area contributed by atoms with Crippen molar-refractivity contribution >= 4 is 27.5 Å². The van der Waals surface area contributed by atoms with Gasteiger partial charge in [-0.1, -0.05) is 0 Å². The number of nitro groups is 1. The number of aliphatic hydroxyl groups is 1. The summed E-state index contributed by atoms with van der Waals surface area (Å²) in [5.41, 5.74) is -0.686. The Labute approximate surface area is 126 Å². The van der Waals surface area contributed by atoms with Crippen LogP contribution in [0.1, 0.15) is 6.92 Å². The summed E-state index contributed by atoms with van der Waals surface area (Å²) in [4.78, 5) is 9.53. The van der Waals surface area contributed by atoms with Gasteiger partial charge in [0.15, 0.2) is 5.75 Å². The molecule has 0 spiro atoms. The van der Waals surface area contributed by atoms with Crippen molar-refractivity contribution in [2.75, 3.05) is 12.9 Å². The summed E-state index contributed by atoms with van der Waals surface area (Å²) in [5.74, 6) is -0.607. The Balaban J connectivity index is 3.09. The molecule has 0 aliphatic heterocycles. The zero-order valence-corrected chi connectivity index (χ0v) is 13.0. The fourth-order valence-electron chi connectivity index (χ4n) is 1.64. The SMILES string of the molecule is CSC(CO)C(C)NS(=O)(=O)c1ccc(O)c([N+](=O)[O-])c1. The summed E-state index contributed by atoms with van der Waals surface area (Å²) >= 11 is 1.30. The molecule has 0 bridgehead atoms. The minimum atomic E-state index is -3.99. The predicted octanol–water partition coefficient (Wildman–Crippen LogP) is 0.691. The van der Waals surface area contributed by atoms with Crippen molar-refractivity contribution < 1.29 is 23.6 Å². The van der Waals surface area contributed by atoms with Crippen LogP contribution in [0.5, 0.6) is 5.75 Å². The zero-order valence-electron chi connectivity index (χ0n) is 11.4. The number of hydrogen-bond acceptors (Lipinski definition) is 7. The topological polar surface area (TPSA) is 130 Å². The molecule has 0 aliphatic rings. The van der Waals surface area contributed by atoms with Crippen LogP contribution >= 0.6 is 11.8 Å². The average Bonchev–Trinajstić information content (AvgIpc) is 2.39. The standard InChI is InChI=1S/C11H16N2O6S2/c1-7(11(6-14)20-2)12-21(18,19)8-3-4-10(15)9(5-8)13(16)17/h3-5,7,11-12,14-15H,6H2,1-2H3. The van der Waals surface area contributed by atoms with Gasteiger partial charge in [-0.15, -0.1) is 0 Å². The number of rotatable bonds is 7. The highest BCUT2D eigenvalue weighted by molar-refractivity contribution is 7.99. The van der Waals surface area contributed by atoms with Gasteiger partial charge in [0.2, 0.25) is 10.0 Å². The number of nitrogens with one attached hydrogen (secondary N) is 1. The molecule has 2 unspecified atom stereocenters. The van der Waals surface area contributed by atoms with Gasteiger partial charge < -0.3 is 10.2 Å². The third-order valence-electron chi connectivity index (χ3n) is 2.84. The minimum absolute atomic E-state index is 0.208. The highest BCUT2D eigenvalue weighted by atomic mass is 32.2. The number of aromatic hydroxyl groups is 1. The number of nitrogens with zero attached hydrogens (tertiary/aromatic N) is 1. The maximum absolute atomic E-state index is 12.2. The predicted molar refractivity (Wildman–Crippen MR) is 78.9 cm³/mol. The lowest BCUT2D eigenvalue weighted by Gasteiger charge is -2.21. The monoisotopic (exact) mass is 336 g/mol. The van der Waals surface area contributed by atoms with Gasteiger partial charge in [0.05, 0.1) is 16.4 Å². The van der Waals surface area contributed by atoms with Gasteiger partial charge >= 0.3 is 5.69 Å². The lowest BCUT2D eigenvalue weighted by molar-refractivity contribution is -0.386. The molecule has 1 rings (SSSR count). The van der Waals surface area contributed by atoms with E-state index in [4.69, 9.17) is 5.11 Å². The van der Waals surface area contributed by atoms with Gasteiger partial charge in [-0.2, -0.15) is 11.8 Å². The van der Waals surface area contributed by atoms with E-state index in [-0.39, 0.29) is 16.8 Å². The molecule has 3 N–H and O–H groups in total. The van der Waals surface area contributed by atoms with Gasteiger partial charge in [-0.05, 0) is 25.3 Å². The van der Waals surface area contributed by atoms with E-state index < -0.39 is 32.4 Å². The van der Waals surface area contributed by atoms with Crippen LogP contribution in [-0.2, 0) is 10.0 Å². The first-order valence-electron chi connectivity index (χ1n) is 5.86. The normalized spacial score (nSPS) is 14.6. The highest BCUT2D eigenvalue weighted by Crippen LogP contribution is 2.28. The third-order valence-corrected chi connectivity index (χ3v) is 5.55. The van der Waals surface area contributed by atoms with E-state index >= 15 is 0 Å². The second-order valence-corrected chi connectivity index (χ2v) is 7.07. The Morgan fingerprint density at radius 1 is 1.48 bits per heavy atom. The summed E-state index contributed by atoms with van der Waals surface area (Å²) in [6.07, 6.45) is 1.73. The number of phenolic OH excluding ortho intramolecular Hbond substituents is 1.